The van der Waals surface area contributed by atoms with Crippen LogP contribution in [-0.4, -0.2) is 17.3 Å². The first-order chi connectivity index (χ1) is 12.3. The van der Waals surface area contributed by atoms with Crippen LogP contribution in [0.15, 0.2) is 11.6 Å². The standard InChI is InChI=1S/C21H28O3.C2H6/c1-12(22)16-6-7-17-15-5-4-13-10-14(23)8-9-20(13,2)19(15)18(24)11-21(16,17)3;1-2/h10,15-17,19H,4-9,11H2,1-3H3;1-2H3. The Labute approximate surface area is 158 Å². The molecular weight excluding hydrogens is 324 g/mol. The van der Waals surface area contributed by atoms with Gasteiger partial charge in [-0.1, -0.05) is 33.3 Å². The van der Waals surface area contributed by atoms with Crippen molar-refractivity contribution in [1.82, 2.24) is 0 Å². The minimum atomic E-state index is -0.133. The second kappa shape index (κ2) is 6.73. The van der Waals surface area contributed by atoms with Crippen molar-refractivity contribution < 1.29 is 14.4 Å². The number of carbonyl (C=O) groups is 3. The molecule has 6 unspecified atom stereocenters. The Morgan fingerprint density at radius 3 is 2.42 bits per heavy atom. The lowest BCUT2D eigenvalue weighted by Gasteiger charge is -2.56. The third-order valence-electron chi connectivity index (χ3n) is 8.14. The van der Waals surface area contributed by atoms with Crippen LogP contribution in [0.5, 0.6) is 0 Å². The molecule has 0 saturated heterocycles. The monoisotopic (exact) mass is 358 g/mol. The zero-order valence-electron chi connectivity index (χ0n) is 17.1. The molecule has 0 bridgehead atoms. The van der Waals surface area contributed by atoms with Gasteiger partial charge in [0.1, 0.15) is 11.6 Å². The summed E-state index contributed by atoms with van der Waals surface area (Å²) in [5.41, 5.74) is 0.966. The Kier molecular flexibility index (Phi) is 5.05. The van der Waals surface area contributed by atoms with Gasteiger partial charge in [0.25, 0.3) is 0 Å². The first-order valence-corrected chi connectivity index (χ1v) is 10.5. The summed E-state index contributed by atoms with van der Waals surface area (Å²) in [4.78, 5) is 37.3. The van der Waals surface area contributed by atoms with Crippen LogP contribution in [0.1, 0.15) is 79.6 Å². The highest BCUT2D eigenvalue weighted by Crippen LogP contribution is 2.65. The van der Waals surface area contributed by atoms with Gasteiger partial charge in [0.05, 0.1) is 0 Å². The number of Topliss-reactive ketones (excluding diaryl/α,β-unsaturated/α-hetero) is 2. The predicted molar refractivity (Wildman–Crippen MR) is 103 cm³/mol. The van der Waals surface area contributed by atoms with Crippen LogP contribution < -0.4 is 0 Å². The number of rotatable bonds is 1. The molecule has 3 nitrogen and oxygen atoms in total. The molecule has 0 aromatic carbocycles. The molecule has 0 aromatic rings. The Balaban J connectivity index is 0.000000948. The van der Waals surface area contributed by atoms with Crippen molar-refractivity contribution in [2.45, 2.75) is 79.6 Å². The van der Waals surface area contributed by atoms with E-state index in [0.717, 1.165) is 32.1 Å². The van der Waals surface area contributed by atoms with E-state index in [4.69, 9.17) is 0 Å². The van der Waals surface area contributed by atoms with E-state index in [1.54, 1.807) is 6.92 Å². The molecule has 4 aliphatic rings. The summed E-state index contributed by atoms with van der Waals surface area (Å²) in [6.07, 6.45) is 7.80. The van der Waals surface area contributed by atoms with E-state index in [0.29, 0.717) is 30.5 Å². The third kappa shape index (κ3) is 2.65. The highest BCUT2D eigenvalue weighted by Gasteiger charge is 2.62. The first-order valence-electron chi connectivity index (χ1n) is 10.5. The molecule has 3 heteroatoms. The molecule has 0 aromatic heterocycles. The topological polar surface area (TPSA) is 51.2 Å². The van der Waals surface area contributed by atoms with Crippen molar-refractivity contribution in [2.24, 2.45) is 34.5 Å². The summed E-state index contributed by atoms with van der Waals surface area (Å²) in [5, 5.41) is 0. The van der Waals surface area contributed by atoms with Crippen LogP contribution in [0.4, 0.5) is 0 Å². The molecule has 0 N–H and O–H groups in total. The van der Waals surface area contributed by atoms with Crippen molar-refractivity contribution in [1.29, 1.82) is 0 Å². The smallest absolute Gasteiger partial charge is 0.155 e. The number of hydrogen-bond acceptors (Lipinski definition) is 3. The van der Waals surface area contributed by atoms with Crippen LogP contribution in [0.25, 0.3) is 0 Å². The van der Waals surface area contributed by atoms with E-state index in [2.05, 4.69) is 13.8 Å². The van der Waals surface area contributed by atoms with Gasteiger partial charge < -0.3 is 0 Å². The van der Waals surface area contributed by atoms with E-state index in [1.165, 1.54) is 5.57 Å². The minimum Gasteiger partial charge on any atom is -0.300 e. The van der Waals surface area contributed by atoms with Crippen molar-refractivity contribution >= 4 is 17.3 Å². The lowest BCUT2D eigenvalue weighted by atomic mass is 9.46. The number of carbonyl (C=O) groups excluding carboxylic acids is 3. The predicted octanol–water partition coefficient (Wildman–Crippen LogP) is 4.93. The molecular formula is C23H34O3. The number of fused-ring (bicyclic) bond motifs is 5. The van der Waals surface area contributed by atoms with Crippen molar-refractivity contribution in [3.8, 4) is 0 Å². The van der Waals surface area contributed by atoms with Gasteiger partial charge in [-0.05, 0) is 67.8 Å². The van der Waals surface area contributed by atoms with Gasteiger partial charge in [-0.3, -0.25) is 14.4 Å². The number of ketones is 3. The van der Waals surface area contributed by atoms with Crippen molar-refractivity contribution in [3.63, 3.8) is 0 Å². The van der Waals surface area contributed by atoms with Gasteiger partial charge in [0, 0.05) is 24.7 Å². The summed E-state index contributed by atoms with van der Waals surface area (Å²) in [7, 11) is 0. The quantitative estimate of drug-likeness (QED) is 0.668. The molecule has 3 fully saturated rings. The molecule has 3 saturated carbocycles. The Hall–Kier alpha value is -1.25. The van der Waals surface area contributed by atoms with Gasteiger partial charge in [0.2, 0.25) is 0 Å². The fourth-order valence-electron chi connectivity index (χ4n) is 7.05. The number of allylic oxidation sites excluding steroid dienone is 1. The highest BCUT2D eigenvalue weighted by atomic mass is 16.1. The lowest BCUT2D eigenvalue weighted by molar-refractivity contribution is -0.148. The fourth-order valence-corrected chi connectivity index (χ4v) is 7.05. The first kappa shape index (κ1) is 19.5. The second-order valence-electron chi connectivity index (χ2n) is 9.23. The van der Waals surface area contributed by atoms with E-state index in [1.807, 2.05) is 19.9 Å². The maximum Gasteiger partial charge on any atom is 0.155 e. The molecule has 0 heterocycles. The van der Waals surface area contributed by atoms with Gasteiger partial charge in [-0.15, -0.1) is 0 Å². The van der Waals surface area contributed by atoms with E-state index in [9.17, 15) is 14.4 Å². The lowest BCUT2D eigenvalue weighted by Crippen LogP contribution is -2.55. The van der Waals surface area contributed by atoms with E-state index < -0.39 is 0 Å². The Morgan fingerprint density at radius 1 is 1.08 bits per heavy atom. The van der Waals surface area contributed by atoms with Gasteiger partial charge in [-0.25, -0.2) is 0 Å². The Morgan fingerprint density at radius 2 is 1.77 bits per heavy atom. The zero-order valence-corrected chi connectivity index (χ0v) is 17.1. The summed E-state index contributed by atoms with van der Waals surface area (Å²) in [5.74, 6) is 1.86. The van der Waals surface area contributed by atoms with E-state index in [-0.39, 0.29) is 34.2 Å². The fraction of sp³-hybridized carbons (Fsp3) is 0.783. The maximum absolute atomic E-state index is 13.3. The van der Waals surface area contributed by atoms with Crippen molar-refractivity contribution in [2.75, 3.05) is 0 Å². The minimum absolute atomic E-state index is 0.0603. The molecule has 4 aliphatic carbocycles. The molecule has 0 amide bonds. The highest BCUT2D eigenvalue weighted by molar-refractivity contribution is 5.93. The SMILES string of the molecule is CC.CC(=O)C1CCC2C3CCC4=CC(=O)CCC4(C)C3C(=O)CC12C. The van der Waals surface area contributed by atoms with Crippen LogP contribution in [0, 0.1) is 34.5 Å². The van der Waals surface area contributed by atoms with Crippen molar-refractivity contribution in [3.05, 3.63) is 11.6 Å². The summed E-state index contributed by atoms with van der Waals surface area (Å²) in [6, 6.07) is 0. The largest absolute Gasteiger partial charge is 0.300 e. The molecule has 0 aliphatic heterocycles. The molecule has 4 rings (SSSR count). The molecule has 6 atom stereocenters. The average molecular weight is 359 g/mol. The van der Waals surface area contributed by atoms with Crippen LogP contribution in [0.2, 0.25) is 0 Å². The molecule has 0 spiro atoms. The van der Waals surface area contributed by atoms with Gasteiger partial charge in [-0.2, -0.15) is 0 Å². The van der Waals surface area contributed by atoms with E-state index >= 15 is 0 Å². The van der Waals surface area contributed by atoms with Gasteiger partial charge >= 0.3 is 0 Å². The third-order valence-corrected chi connectivity index (χ3v) is 8.14. The van der Waals surface area contributed by atoms with Crippen LogP contribution in [-0.2, 0) is 14.4 Å². The summed E-state index contributed by atoms with van der Waals surface area (Å²) >= 11 is 0. The molecule has 26 heavy (non-hydrogen) atoms. The zero-order chi connectivity index (χ0) is 19.3. The van der Waals surface area contributed by atoms with Gasteiger partial charge in [0.15, 0.2) is 5.78 Å². The second-order valence-corrected chi connectivity index (χ2v) is 9.23. The molecule has 0 radical (unpaired) electrons. The normalized spacial score (nSPS) is 44.1. The van der Waals surface area contributed by atoms with Crippen LogP contribution in [0.3, 0.4) is 0 Å². The Bertz CT molecular complexity index is 660. The summed E-state index contributed by atoms with van der Waals surface area (Å²) in [6.45, 7) is 10.1. The maximum atomic E-state index is 13.3. The average Bonchev–Trinajstić information content (AvgIpc) is 2.93. The number of hydrogen-bond donors (Lipinski definition) is 0. The molecule has 144 valence electrons. The van der Waals surface area contributed by atoms with Crippen LogP contribution >= 0.6 is 0 Å². The summed E-state index contributed by atoms with van der Waals surface area (Å²) < 4.78 is 0.